The SMILES string of the molecule is CC1(N)CCN(c2cnc(-c3cccc(Cl)c3Cl)c(N)n2)CC1O. The first kappa shape index (κ1) is 17.2. The summed E-state index contributed by atoms with van der Waals surface area (Å²) in [5.74, 6) is 0.858. The predicted molar refractivity (Wildman–Crippen MR) is 97.3 cm³/mol. The Labute approximate surface area is 150 Å². The van der Waals surface area contributed by atoms with Crippen molar-refractivity contribution in [3.63, 3.8) is 0 Å². The predicted octanol–water partition coefficient (Wildman–Crippen LogP) is 2.32. The zero-order chi connectivity index (χ0) is 17.5. The minimum atomic E-state index is -0.642. The van der Waals surface area contributed by atoms with E-state index in [0.29, 0.717) is 46.6 Å². The lowest BCUT2D eigenvalue weighted by Gasteiger charge is -2.41. The van der Waals surface area contributed by atoms with Gasteiger partial charge in [0, 0.05) is 24.2 Å². The van der Waals surface area contributed by atoms with Gasteiger partial charge in [0.2, 0.25) is 0 Å². The molecule has 1 aromatic heterocycles. The zero-order valence-corrected chi connectivity index (χ0v) is 14.7. The van der Waals surface area contributed by atoms with Gasteiger partial charge in [-0.15, -0.1) is 0 Å². The number of anilines is 2. The Bertz CT molecular complexity index is 768. The van der Waals surface area contributed by atoms with Crippen LogP contribution in [-0.2, 0) is 0 Å². The molecule has 0 bridgehead atoms. The molecule has 2 unspecified atom stereocenters. The van der Waals surface area contributed by atoms with Gasteiger partial charge in [-0.3, -0.25) is 0 Å². The number of hydrogen-bond acceptors (Lipinski definition) is 6. The van der Waals surface area contributed by atoms with Gasteiger partial charge in [0.1, 0.15) is 11.5 Å². The van der Waals surface area contributed by atoms with Crippen LogP contribution in [0.15, 0.2) is 24.4 Å². The Morgan fingerprint density at radius 3 is 2.79 bits per heavy atom. The first-order valence-electron chi connectivity index (χ1n) is 7.58. The number of piperidine rings is 1. The molecule has 2 atom stereocenters. The third kappa shape index (κ3) is 3.15. The second-order valence-electron chi connectivity index (χ2n) is 6.28. The van der Waals surface area contributed by atoms with E-state index in [1.54, 1.807) is 24.4 Å². The van der Waals surface area contributed by atoms with Crippen molar-refractivity contribution in [2.24, 2.45) is 5.73 Å². The van der Waals surface area contributed by atoms with E-state index in [1.165, 1.54) is 0 Å². The molecule has 0 radical (unpaired) electrons. The van der Waals surface area contributed by atoms with Crippen molar-refractivity contribution in [3.05, 3.63) is 34.4 Å². The van der Waals surface area contributed by atoms with E-state index in [4.69, 9.17) is 34.7 Å². The molecule has 0 aliphatic carbocycles. The van der Waals surface area contributed by atoms with Gasteiger partial charge in [0.25, 0.3) is 0 Å². The summed E-state index contributed by atoms with van der Waals surface area (Å²) >= 11 is 12.3. The maximum absolute atomic E-state index is 10.2. The number of hydrogen-bond donors (Lipinski definition) is 3. The Balaban J connectivity index is 1.90. The van der Waals surface area contributed by atoms with Crippen LogP contribution >= 0.6 is 23.2 Å². The van der Waals surface area contributed by atoms with Crippen molar-refractivity contribution in [2.75, 3.05) is 23.7 Å². The van der Waals surface area contributed by atoms with Crippen molar-refractivity contribution in [3.8, 4) is 11.3 Å². The minimum absolute atomic E-state index is 0.257. The molecule has 1 aliphatic rings. The van der Waals surface area contributed by atoms with Crippen LogP contribution in [0.1, 0.15) is 13.3 Å². The molecule has 1 fully saturated rings. The molecule has 0 amide bonds. The average molecular weight is 368 g/mol. The molecule has 1 aromatic carbocycles. The van der Waals surface area contributed by atoms with Crippen molar-refractivity contribution >= 4 is 34.8 Å². The van der Waals surface area contributed by atoms with E-state index in [9.17, 15) is 5.11 Å². The van der Waals surface area contributed by atoms with Crippen molar-refractivity contribution in [2.45, 2.75) is 25.0 Å². The average Bonchev–Trinajstić information content (AvgIpc) is 2.53. The van der Waals surface area contributed by atoms with Gasteiger partial charge >= 0.3 is 0 Å². The smallest absolute Gasteiger partial charge is 0.152 e. The maximum atomic E-state index is 10.2. The van der Waals surface area contributed by atoms with E-state index in [1.807, 2.05) is 11.8 Å². The molecule has 6 nitrogen and oxygen atoms in total. The van der Waals surface area contributed by atoms with Gasteiger partial charge in [0.05, 0.1) is 22.3 Å². The molecule has 128 valence electrons. The Morgan fingerprint density at radius 1 is 1.38 bits per heavy atom. The van der Waals surface area contributed by atoms with Gasteiger partial charge in [-0.25, -0.2) is 9.97 Å². The summed E-state index contributed by atoms with van der Waals surface area (Å²) in [4.78, 5) is 10.7. The molecule has 3 rings (SSSR count). The van der Waals surface area contributed by atoms with Crippen LogP contribution in [0.5, 0.6) is 0 Å². The number of nitrogens with zero attached hydrogens (tertiary/aromatic N) is 3. The van der Waals surface area contributed by atoms with Gasteiger partial charge in [0.15, 0.2) is 5.82 Å². The third-order valence-electron chi connectivity index (χ3n) is 4.39. The number of aliphatic hydroxyl groups excluding tert-OH is 1. The zero-order valence-electron chi connectivity index (χ0n) is 13.2. The van der Waals surface area contributed by atoms with E-state index < -0.39 is 11.6 Å². The number of nitrogen functional groups attached to an aromatic ring is 1. The summed E-state index contributed by atoms with van der Waals surface area (Å²) in [6.07, 6.45) is 1.63. The van der Waals surface area contributed by atoms with Gasteiger partial charge in [-0.2, -0.15) is 0 Å². The largest absolute Gasteiger partial charge is 0.389 e. The van der Waals surface area contributed by atoms with Crippen LogP contribution in [0.2, 0.25) is 10.0 Å². The molecule has 24 heavy (non-hydrogen) atoms. The summed E-state index contributed by atoms with van der Waals surface area (Å²) in [5.41, 5.74) is 12.7. The Kier molecular flexibility index (Phi) is 4.57. The summed E-state index contributed by atoms with van der Waals surface area (Å²) in [6, 6.07) is 5.27. The minimum Gasteiger partial charge on any atom is -0.389 e. The Morgan fingerprint density at radius 2 is 2.12 bits per heavy atom. The normalized spacial score (nSPS) is 24.2. The molecule has 0 spiro atoms. The number of halogens is 2. The number of aliphatic hydroxyl groups is 1. The van der Waals surface area contributed by atoms with Gasteiger partial charge in [-0.1, -0.05) is 35.3 Å². The van der Waals surface area contributed by atoms with Gasteiger partial charge < -0.3 is 21.5 Å². The fraction of sp³-hybridized carbons (Fsp3) is 0.375. The van der Waals surface area contributed by atoms with Crippen LogP contribution < -0.4 is 16.4 Å². The maximum Gasteiger partial charge on any atom is 0.152 e. The lowest BCUT2D eigenvalue weighted by Crippen LogP contribution is -2.59. The molecule has 8 heteroatoms. The molecular formula is C16H19Cl2N5O. The highest BCUT2D eigenvalue weighted by atomic mass is 35.5. The molecule has 5 N–H and O–H groups in total. The van der Waals surface area contributed by atoms with E-state index in [-0.39, 0.29) is 5.82 Å². The van der Waals surface area contributed by atoms with Gasteiger partial charge in [-0.05, 0) is 19.4 Å². The lowest BCUT2D eigenvalue weighted by molar-refractivity contribution is 0.0792. The van der Waals surface area contributed by atoms with Crippen molar-refractivity contribution in [1.82, 2.24) is 9.97 Å². The number of nitrogens with two attached hydrogens (primary N) is 2. The second-order valence-corrected chi connectivity index (χ2v) is 7.07. The molecule has 1 aliphatic heterocycles. The molecular weight excluding hydrogens is 349 g/mol. The summed E-state index contributed by atoms with van der Waals surface area (Å²) in [6.45, 7) is 2.91. The highest BCUT2D eigenvalue weighted by molar-refractivity contribution is 6.43. The van der Waals surface area contributed by atoms with E-state index in [2.05, 4.69) is 9.97 Å². The topological polar surface area (TPSA) is 101 Å². The number of aromatic nitrogens is 2. The summed E-state index contributed by atoms with van der Waals surface area (Å²) in [7, 11) is 0. The highest BCUT2D eigenvalue weighted by Crippen LogP contribution is 2.35. The number of benzene rings is 1. The monoisotopic (exact) mass is 367 g/mol. The fourth-order valence-corrected chi connectivity index (χ4v) is 3.09. The molecule has 2 heterocycles. The van der Waals surface area contributed by atoms with Crippen LogP contribution in [-0.4, -0.2) is 39.8 Å². The van der Waals surface area contributed by atoms with E-state index in [0.717, 1.165) is 0 Å². The van der Waals surface area contributed by atoms with E-state index >= 15 is 0 Å². The lowest BCUT2D eigenvalue weighted by atomic mass is 9.88. The van der Waals surface area contributed by atoms with Crippen LogP contribution in [0.4, 0.5) is 11.6 Å². The fourth-order valence-electron chi connectivity index (χ4n) is 2.70. The van der Waals surface area contributed by atoms with Crippen LogP contribution in [0, 0.1) is 0 Å². The number of β-amino-alcohol motifs (C(OH)–C–C–N with tert-alkyl or cyclic N) is 1. The van der Waals surface area contributed by atoms with Crippen LogP contribution in [0.3, 0.4) is 0 Å². The highest BCUT2D eigenvalue weighted by Gasteiger charge is 2.35. The summed E-state index contributed by atoms with van der Waals surface area (Å²) in [5, 5.41) is 11.0. The van der Waals surface area contributed by atoms with Crippen LogP contribution in [0.25, 0.3) is 11.3 Å². The molecule has 1 saturated heterocycles. The first-order valence-corrected chi connectivity index (χ1v) is 8.34. The van der Waals surface area contributed by atoms with Crippen molar-refractivity contribution in [1.29, 1.82) is 0 Å². The quantitative estimate of drug-likeness (QED) is 0.752. The number of rotatable bonds is 2. The third-order valence-corrected chi connectivity index (χ3v) is 5.21. The second kappa shape index (κ2) is 6.37. The standard InChI is InChI=1S/C16H19Cl2N5O/c1-16(20)5-6-23(8-11(16)24)12-7-21-14(15(19)22-12)9-3-2-4-10(17)13(9)18/h2-4,7,11,24H,5-6,8,20H2,1H3,(H2,19,22). The molecule has 2 aromatic rings. The first-order chi connectivity index (χ1) is 11.3. The Hall–Kier alpha value is -1.60. The molecule has 0 saturated carbocycles. The summed E-state index contributed by atoms with van der Waals surface area (Å²) < 4.78 is 0. The van der Waals surface area contributed by atoms with Crippen molar-refractivity contribution < 1.29 is 5.11 Å².